The first-order valence-corrected chi connectivity index (χ1v) is 12.9. The predicted molar refractivity (Wildman–Crippen MR) is 122 cm³/mol. The molecule has 1 aromatic carbocycles. The number of thiophene rings is 1. The molecule has 0 unspecified atom stereocenters. The quantitative estimate of drug-likeness (QED) is 0.521. The summed E-state index contributed by atoms with van der Waals surface area (Å²) in [6.45, 7) is 8.40. The molecule has 3 aromatic rings. The van der Waals surface area contributed by atoms with E-state index in [1.54, 1.807) is 27.8 Å². The molecule has 2 aromatic heterocycles. The number of nitrogens with zero attached hydrogens (tertiary/aromatic N) is 4. The molecule has 0 aliphatic carbocycles. The number of hydrogen-bond acceptors (Lipinski definition) is 7. The molecule has 7 nitrogen and oxygen atoms in total. The fourth-order valence-electron chi connectivity index (χ4n) is 3.74. The van der Waals surface area contributed by atoms with Crippen molar-refractivity contribution < 1.29 is 12.8 Å². The molecule has 1 fully saturated rings. The van der Waals surface area contributed by atoms with Gasteiger partial charge in [0, 0.05) is 26.2 Å². The van der Waals surface area contributed by atoms with Gasteiger partial charge in [-0.3, -0.25) is 4.90 Å². The van der Waals surface area contributed by atoms with Gasteiger partial charge in [0.2, 0.25) is 15.9 Å². The van der Waals surface area contributed by atoms with Crippen LogP contribution in [0.3, 0.4) is 0 Å². The molecule has 166 valence electrons. The molecule has 3 heterocycles. The molecule has 0 saturated carbocycles. The number of piperazine rings is 1. The van der Waals surface area contributed by atoms with E-state index in [-0.39, 0.29) is 6.04 Å². The highest BCUT2D eigenvalue weighted by molar-refractivity contribution is 7.89. The smallest absolute Gasteiger partial charge is 0.257 e. The molecule has 2 atom stereocenters. The average molecular weight is 461 g/mol. The van der Waals surface area contributed by atoms with Crippen molar-refractivity contribution in [2.24, 2.45) is 0 Å². The van der Waals surface area contributed by atoms with Gasteiger partial charge < -0.3 is 4.42 Å². The summed E-state index contributed by atoms with van der Waals surface area (Å²) in [6, 6.07) is 11.2. The maximum atomic E-state index is 13.1. The normalized spacial score (nSPS) is 18.2. The van der Waals surface area contributed by atoms with E-state index in [1.807, 2.05) is 36.6 Å². The molecule has 0 amide bonds. The first-order valence-electron chi connectivity index (χ1n) is 10.6. The van der Waals surface area contributed by atoms with Crippen molar-refractivity contribution in [2.45, 2.75) is 44.0 Å². The summed E-state index contributed by atoms with van der Waals surface area (Å²) >= 11 is 1.56. The summed E-state index contributed by atoms with van der Waals surface area (Å²) < 4.78 is 33.6. The van der Waals surface area contributed by atoms with E-state index in [1.165, 1.54) is 5.56 Å². The van der Waals surface area contributed by atoms with Crippen LogP contribution in [-0.4, -0.2) is 54.0 Å². The van der Waals surface area contributed by atoms with E-state index in [0.717, 1.165) is 11.3 Å². The summed E-state index contributed by atoms with van der Waals surface area (Å²) in [7, 11) is -3.49. The maximum Gasteiger partial charge on any atom is 0.257 e. The van der Waals surface area contributed by atoms with Crippen LogP contribution in [0.2, 0.25) is 0 Å². The van der Waals surface area contributed by atoms with E-state index in [2.05, 4.69) is 28.9 Å². The van der Waals surface area contributed by atoms with Crippen molar-refractivity contribution in [2.75, 3.05) is 26.2 Å². The largest absolute Gasteiger partial charge is 0.418 e. The summed E-state index contributed by atoms with van der Waals surface area (Å²) in [5.41, 5.74) is 1.17. The van der Waals surface area contributed by atoms with Crippen molar-refractivity contribution >= 4 is 21.4 Å². The first kappa shape index (κ1) is 22.1. The van der Waals surface area contributed by atoms with Crippen LogP contribution >= 0.6 is 11.3 Å². The van der Waals surface area contributed by atoms with Crippen LogP contribution in [0.1, 0.15) is 50.6 Å². The molecular weight excluding hydrogens is 432 g/mol. The Balaban J connectivity index is 1.39. The lowest BCUT2D eigenvalue weighted by Crippen LogP contribution is -2.49. The van der Waals surface area contributed by atoms with Crippen LogP contribution in [0.25, 0.3) is 10.8 Å². The van der Waals surface area contributed by atoms with Crippen LogP contribution in [0, 0.1) is 0 Å². The fourth-order valence-corrected chi connectivity index (χ4v) is 5.81. The third-order valence-electron chi connectivity index (χ3n) is 6.05. The lowest BCUT2D eigenvalue weighted by Gasteiger charge is -2.36. The fraction of sp³-hybridized carbons (Fsp3) is 0.455. The standard InChI is InChI=1S/C22H28N4O3S2/c1-4-16(2)18-7-9-19(10-8-18)31(27,28)26-13-11-25(12-14-26)17(3)21-23-24-22(29-21)20-6-5-15-30-20/h5-10,15-17H,4,11-14H2,1-3H3/t16-,17-/m0/s1. The Bertz CT molecular complexity index is 1090. The van der Waals surface area contributed by atoms with Gasteiger partial charge in [0.1, 0.15) is 0 Å². The highest BCUT2D eigenvalue weighted by Crippen LogP contribution is 2.28. The van der Waals surface area contributed by atoms with Crippen LogP contribution in [-0.2, 0) is 10.0 Å². The molecule has 31 heavy (non-hydrogen) atoms. The molecule has 1 aliphatic rings. The topological polar surface area (TPSA) is 79.5 Å². The van der Waals surface area contributed by atoms with Gasteiger partial charge in [0.15, 0.2) is 0 Å². The Morgan fingerprint density at radius 1 is 1.06 bits per heavy atom. The second-order valence-corrected chi connectivity index (χ2v) is 10.8. The lowest BCUT2D eigenvalue weighted by molar-refractivity contribution is 0.129. The molecule has 0 radical (unpaired) electrons. The minimum atomic E-state index is -3.49. The lowest BCUT2D eigenvalue weighted by atomic mass is 9.99. The zero-order valence-electron chi connectivity index (χ0n) is 18.1. The Hall–Kier alpha value is -2.07. The molecule has 0 bridgehead atoms. The van der Waals surface area contributed by atoms with Gasteiger partial charge in [-0.25, -0.2) is 8.42 Å². The maximum absolute atomic E-state index is 13.1. The van der Waals surface area contributed by atoms with E-state index in [9.17, 15) is 8.42 Å². The number of hydrogen-bond donors (Lipinski definition) is 0. The Labute approximate surface area is 187 Å². The first-order chi connectivity index (χ1) is 14.9. The third-order valence-corrected chi connectivity index (χ3v) is 8.82. The molecule has 1 aliphatic heterocycles. The number of sulfonamides is 1. The van der Waals surface area contributed by atoms with Gasteiger partial charge in [-0.1, -0.05) is 32.0 Å². The number of rotatable bonds is 7. The Kier molecular flexibility index (Phi) is 6.57. The van der Waals surface area contributed by atoms with Crippen LogP contribution in [0.4, 0.5) is 0 Å². The highest BCUT2D eigenvalue weighted by Gasteiger charge is 2.32. The minimum absolute atomic E-state index is 0.0686. The van der Waals surface area contributed by atoms with Crippen molar-refractivity contribution in [3.8, 4) is 10.8 Å². The summed E-state index contributed by atoms with van der Waals surface area (Å²) in [5, 5.41) is 10.3. The SMILES string of the molecule is CC[C@H](C)c1ccc(S(=O)(=O)N2CCN([C@@H](C)c3nnc(-c4cccs4)o3)CC2)cc1. The zero-order valence-corrected chi connectivity index (χ0v) is 19.7. The van der Waals surface area contributed by atoms with Crippen LogP contribution < -0.4 is 0 Å². The number of benzene rings is 1. The van der Waals surface area contributed by atoms with Gasteiger partial charge in [-0.15, -0.1) is 21.5 Å². The van der Waals surface area contributed by atoms with Crippen LogP contribution in [0.5, 0.6) is 0 Å². The molecule has 1 saturated heterocycles. The van der Waals surface area contributed by atoms with Gasteiger partial charge in [-0.05, 0) is 48.4 Å². The van der Waals surface area contributed by atoms with Crippen molar-refractivity contribution in [1.29, 1.82) is 0 Å². The van der Waals surface area contributed by atoms with Crippen molar-refractivity contribution in [3.63, 3.8) is 0 Å². The molecule has 0 spiro atoms. The van der Waals surface area contributed by atoms with Crippen molar-refractivity contribution in [3.05, 3.63) is 53.2 Å². The average Bonchev–Trinajstić information content (AvgIpc) is 3.50. The predicted octanol–water partition coefficient (Wildman–Crippen LogP) is 4.38. The van der Waals surface area contributed by atoms with Gasteiger partial charge in [0.05, 0.1) is 15.8 Å². The summed E-state index contributed by atoms with van der Waals surface area (Å²) in [4.78, 5) is 3.49. The highest BCUT2D eigenvalue weighted by atomic mass is 32.2. The second kappa shape index (κ2) is 9.20. The van der Waals surface area contributed by atoms with Gasteiger partial charge >= 0.3 is 0 Å². The minimum Gasteiger partial charge on any atom is -0.418 e. The molecule has 0 N–H and O–H groups in total. The number of aromatic nitrogens is 2. The van der Waals surface area contributed by atoms with E-state index >= 15 is 0 Å². The summed E-state index contributed by atoms with van der Waals surface area (Å²) in [6.07, 6.45) is 1.03. The molecular formula is C22H28N4O3S2. The second-order valence-electron chi connectivity index (χ2n) is 7.92. The zero-order chi connectivity index (χ0) is 22.0. The van der Waals surface area contributed by atoms with E-state index in [4.69, 9.17) is 4.42 Å². The molecule has 9 heteroatoms. The van der Waals surface area contributed by atoms with Crippen LogP contribution in [0.15, 0.2) is 51.1 Å². The molecule has 4 rings (SSSR count). The Morgan fingerprint density at radius 3 is 2.39 bits per heavy atom. The van der Waals surface area contributed by atoms with Gasteiger partial charge in [-0.2, -0.15) is 4.31 Å². The van der Waals surface area contributed by atoms with E-state index in [0.29, 0.717) is 48.8 Å². The van der Waals surface area contributed by atoms with Crippen molar-refractivity contribution in [1.82, 2.24) is 19.4 Å². The monoisotopic (exact) mass is 460 g/mol. The summed E-state index contributed by atoms with van der Waals surface area (Å²) in [5.74, 6) is 1.51. The third kappa shape index (κ3) is 4.59. The Morgan fingerprint density at radius 2 is 1.77 bits per heavy atom. The van der Waals surface area contributed by atoms with E-state index < -0.39 is 10.0 Å². The van der Waals surface area contributed by atoms with Gasteiger partial charge in [0.25, 0.3) is 5.89 Å².